The van der Waals surface area contributed by atoms with Crippen molar-refractivity contribution in [2.45, 2.75) is 26.7 Å². The summed E-state index contributed by atoms with van der Waals surface area (Å²) in [5.41, 5.74) is 1.91. The molecule has 0 atom stereocenters. The van der Waals surface area contributed by atoms with E-state index in [0.29, 0.717) is 32.0 Å². The first-order chi connectivity index (χ1) is 13.0. The van der Waals surface area contributed by atoms with Crippen LogP contribution in [0.5, 0.6) is 17.2 Å². The number of aromatic hydroxyl groups is 1. The number of hydrogen-bond acceptors (Lipinski definition) is 5. The maximum absolute atomic E-state index is 9.41. The minimum Gasteiger partial charge on any atom is -0.508 e. The van der Waals surface area contributed by atoms with Crippen LogP contribution in [0, 0.1) is 0 Å². The number of phenols is 1. The predicted molar refractivity (Wildman–Crippen MR) is 109 cm³/mol. The van der Waals surface area contributed by atoms with Crippen molar-refractivity contribution in [2.24, 2.45) is 5.16 Å². The third-order valence-electron chi connectivity index (χ3n) is 3.61. The molecule has 5 nitrogen and oxygen atoms in total. The van der Waals surface area contributed by atoms with E-state index in [1.807, 2.05) is 38.1 Å². The number of oxime groups is 1. The molecule has 0 fully saturated rings. The fourth-order valence-electron chi connectivity index (χ4n) is 2.31. The van der Waals surface area contributed by atoms with Crippen molar-refractivity contribution in [1.29, 1.82) is 0 Å². The van der Waals surface area contributed by atoms with E-state index in [-0.39, 0.29) is 15.8 Å². The van der Waals surface area contributed by atoms with E-state index in [2.05, 4.69) is 5.16 Å². The maximum Gasteiger partial charge on any atom is 0.156 e. The SMILES string of the molecule is CCON=C(CC)c1ccc(OCCCOc2c(Cl)cc(O)cc2Cl)cc1. The molecule has 0 amide bonds. The minimum atomic E-state index is 0.00154. The lowest BCUT2D eigenvalue weighted by Crippen LogP contribution is -2.06. The average molecular weight is 412 g/mol. The van der Waals surface area contributed by atoms with Gasteiger partial charge in [-0.2, -0.15) is 0 Å². The second kappa shape index (κ2) is 10.9. The topological polar surface area (TPSA) is 60.3 Å². The molecular weight excluding hydrogens is 389 g/mol. The molecule has 0 radical (unpaired) electrons. The lowest BCUT2D eigenvalue weighted by Gasteiger charge is -2.11. The van der Waals surface area contributed by atoms with E-state index in [1.165, 1.54) is 12.1 Å². The van der Waals surface area contributed by atoms with E-state index in [4.69, 9.17) is 37.5 Å². The van der Waals surface area contributed by atoms with Crippen LogP contribution in [-0.2, 0) is 4.84 Å². The highest BCUT2D eigenvalue weighted by molar-refractivity contribution is 6.37. The molecular formula is C20H23Cl2NO4. The van der Waals surface area contributed by atoms with Crippen molar-refractivity contribution in [3.8, 4) is 17.2 Å². The molecule has 0 aliphatic heterocycles. The van der Waals surface area contributed by atoms with Crippen molar-refractivity contribution >= 4 is 28.9 Å². The molecule has 0 bridgehead atoms. The van der Waals surface area contributed by atoms with Gasteiger partial charge < -0.3 is 19.4 Å². The molecule has 0 saturated heterocycles. The molecule has 0 aliphatic carbocycles. The van der Waals surface area contributed by atoms with Gasteiger partial charge in [0, 0.05) is 18.6 Å². The Morgan fingerprint density at radius 1 is 1.00 bits per heavy atom. The molecule has 0 unspecified atom stereocenters. The average Bonchev–Trinajstić information content (AvgIpc) is 2.65. The number of phenolic OH excluding ortho intramolecular Hbond substituents is 1. The van der Waals surface area contributed by atoms with Gasteiger partial charge in [-0.25, -0.2) is 0 Å². The summed E-state index contributed by atoms with van der Waals surface area (Å²) in [6, 6.07) is 10.5. The van der Waals surface area contributed by atoms with E-state index < -0.39 is 0 Å². The van der Waals surface area contributed by atoms with Crippen molar-refractivity contribution in [3.05, 3.63) is 52.0 Å². The largest absolute Gasteiger partial charge is 0.508 e. The lowest BCUT2D eigenvalue weighted by atomic mass is 10.1. The fraction of sp³-hybridized carbons (Fsp3) is 0.350. The van der Waals surface area contributed by atoms with Crippen LogP contribution >= 0.6 is 23.2 Å². The Bertz CT molecular complexity index is 740. The maximum atomic E-state index is 9.41. The highest BCUT2D eigenvalue weighted by Gasteiger charge is 2.09. The minimum absolute atomic E-state index is 0.00154. The number of hydrogen-bond donors (Lipinski definition) is 1. The van der Waals surface area contributed by atoms with Crippen molar-refractivity contribution < 1.29 is 19.4 Å². The summed E-state index contributed by atoms with van der Waals surface area (Å²) >= 11 is 12.0. The molecule has 2 aromatic rings. The molecule has 2 aromatic carbocycles. The van der Waals surface area contributed by atoms with E-state index >= 15 is 0 Å². The summed E-state index contributed by atoms with van der Waals surface area (Å²) in [6.07, 6.45) is 1.45. The van der Waals surface area contributed by atoms with Gasteiger partial charge in [-0.05, 0) is 43.2 Å². The summed E-state index contributed by atoms with van der Waals surface area (Å²) in [7, 11) is 0. The van der Waals surface area contributed by atoms with E-state index in [1.54, 1.807) is 0 Å². The Labute approximate surface area is 169 Å². The van der Waals surface area contributed by atoms with E-state index in [9.17, 15) is 5.11 Å². The van der Waals surface area contributed by atoms with Crippen molar-refractivity contribution in [3.63, 3.8) is 0 Å². The van der Waals surface area contributed by atoms with Gasteiger partial charge >= 0.3 is 0 Å². The van der Waals surface area contributed by atoms with Gasteiger partial charge in [0.05, 0.1) is 29.0 Å². The van der Waals surface area contributed by atoms with Crippen LogP contribution < -0.4 is 9.47 Å². The molecule has 0 heterocycles. The third-order valence-corrected chi connectivity index (χ3v) is 4.17. The smallest absolute Gasteiger partial charge is 0.156 e. The summed E-state index contributed by atoms with van der Waals surface area (Å²) in [5, 5.41) is 14.1. The first kappa shape index (κ1) is 21.2. The molecule has 0 aliphatic rings. The van der Waals surface area contributed by atoms with E-state index in [0.717, 1.165) is 23.4 Å². The third kappa shape index (κ3) is 6.52. The van der Waals surface area contributed by atoms with Crippen LogP contribution in [0.2, 0.25) is 10.0 Å². The second-order valence-electron chi connectivity index (χ2n) is 5.62. The Kier molecular flexibility index (Phi) is 8.55. The number of rotatable bonds is 10. The van der Waals surface area contributed by atoms with Crippen LogP contribution in [0.4, 0.5) is 0 Å². The van der Waals surface area contributed by atoms with Crippen LogP contribution in [0.15, 0.2) is 41.6 Å². The van der Waals surface area contributed by atoms with Crippen molar-refractivity contribution in [1.82, 2.24) is 0 Å². The van der Waals surface area contributed by atoms with Gasteiger partial charge in [0.1, 0.15) is 18.1 Å². The zero-order valence-electron chi connectivity index (χ0n) is 15.4. The number of nitrogens with zero attached hydrogens (tertiary/aromatic N) is 1. The number of ether oxygens (including phenoxy) is 2. The summed E-state index contributed by atoms with van der Waals surface area (Å²) in [4.78, 5) is 5.13. The summed E-state index contributed by atoms with van der Waals surface area (Å²) in [6.45, 7) is 5.37. The summed E-state index contributed by atoms with van der Waals surface area (Å²) in [5.74, 6) is 1.13. The Hall–Kier alpha value is -2.11. The molecule has 0 spiro atoms. The Morgan fingerprint density at radius 3 is 2.22 bits per heavy atom. The molecule has 146 valence electrons. The standard InChI is InChI=1S/C20H23Cl2NO4/c1-3-19(23-27-4-2)14-6-8-16(9-7-14)25-10-5-11-26-20-17(21)12-15(24)13-18(20)22/h6-9,12-13,24H,3-5,10-11H2,1-2H3. The molecule has 27 heavy (non-hydrogen) atoms. The molecule has 0 saturated carbocycles. The quantitative estimate of drug-likeness (QED) is 0.309. The Morgan fingerprint density at radius 2 is 1.63 bits per heavy atom. The lowest BCUT2D eigenvalue weighted by molar-refractivity contribution is 0.158. The molecule has 1 N–H and O–H groups in total. The zero-order chi connectivity index (χ0) is 19.6. The highest BCUT2D eigenvalue weighted by Crippen LogP contribution is 2.36. The van der Waals surface area contributed by atoms with Crippen molar-refractivity contribution in [2.75, 3.05) is 19.8 Å². The molecule has 0 aromatic heterocycles. The van der Waals surface area contributed by atoms with Crippen LogP contribution in [0.25, 0.3) is 0 Å². The second-order valence-corrected chi connectivity index (χ2v) is 6.44. The van der Waals surface area contributed by atoms with Gasteiger partial charge in [0.15, 0.2) is 5.75 Å². The fourth-order valence-corrected chi connectivity index (χ4v) is 2.90. The van der Waals surface area contributed by atoms with Gasteiger partial charge in [-0.1, -0.05) is 35.3 Å². The first-order valence-corrected chi connectivity index (χ1v) is 9.53. The molecule has 2 rings (SSSR count). The van der Waals surface area contributed by atoms with Gasteiger partial charge in [0.2, 0.25) is 0 Å². The van der Waals surface area contributed by atoms with Crippen LogP contribution in [0.1, 0.15) is 32.3 Å². The van der Waals surface area contributed by atoms with Gasteiger partial charge in [-0.3, -0.25) is 0 Å². The van der Waals surface area contributed by atoms with Crippen LogP contribution in [-0.4, -0.2) is 30.6 Å². The highest BCUT2D eigenvalue weighted by atomic mass is 35.5. The molecule has 7 heteroatoms. The Balaban J connectivity index is 1.79. The first-order valence-electron chi connectivity index (χ1n) is 8.78. The summed E-state index contributed by atoms with van der Waals surface area (Å²) < 4.78 is 11.3. The normalized spacial score (nSPS) is 11.3. The predicted octanol–water partition coefficient (Wildman–Crippen LogP) is 5.70. The van der Waals surface area contributed by atoms with Gasteiger partial charge in [0.25, 0.3) is 0 Å². The monoisotopic (exact) mass is 411 g/mol. The zero-order valence-corrected chi connectivity index (χ0v) is 16.9. The number of halogens is 2. The number of benzene rings is 2. The van der Waals surface area contributed by atoms with Gasteiger partial charge in [-0.15, -0.1) is 0 Å². The van der Waals surface area contributed by atoms with Crippen LogP contribution in [0.3, 0.4) is 0 Å².